The fourth-order valence-corrected chi connectivity index (χ4v) is 2.88. The summed E-state index contributed by atoms with van der Waals surface area (Å²) >= 11 is 3.48. The summed E-state index contributed by atoms with van der Waals surface area (Å²) in [6.07, 6.45) is 3.64. The van der Waals surface area contributed by atoms with Gasteiger partial charge in [-0.05, 0) is 49.6 Å². The number of aryl methyl sites for hydroxylation is 1. The molecule has 2 aromatic rings. The maximum Gasteiger partial charge on any atom is 0.328 e. The number of aromatic nitrogens is 2. The van der Waals surface area contributed by atoms with Gasteiger partial charge in [-0.25, -0.2) is 9.48 Å². The van der Waals surface area contributed by atoms with E-state index in [4.69, 9.17) is 5.11 Å². The van der Waals surface area contributed by atoms with Gasteiger partial charge in [0, 0.05) is 16.2 Å². The second-order valence-corrected chi connectivity index (χ2v) is 5.65. The third-order valence-corrected chi connectivity index (χ3v) is 4.12. The maximum absolute atomic E-state index is 10.6. The molecule has 0 fully saturated rings. The first-order valence-electron chi connectivity index (χ1n) is 6.70. The molecule has 0 aliphatic heterocycles. The van der Waals surface area contributed by atoms with Crippen molar-refractivity contribution in [2.75, 3.05) is 0 Å². The first-order chi connectivity index (χ1) is 9.93. The normalized spacial score (nSPS) is 11.2. The van der Waals surface area contributed by atoms with E-state index < -0.39 is 5.97 Å². The largest absolute Gasteiger partial charge is 0.478 e. The van der Waals surface area contributed by atoms with Gasteiger partial charge in [-0.15, -0.1) is 0 Å². The van der Waals surface area contributed by atoms with Gasteiger partial charge >= 0.3 is 5.97 Å². The van der Waals surface area contributed by atoms with E-state index in [0.29, 0.717) is 0 Å². The Morgan fingerprint density at radius 3 is 2.67 bits per heavy atom. The van der Waals surface area contributed by atoms with Gasteiger partial charge in [-0.1, -0.05) is 28.9 Å². The molecule has 0 aliphatic rings. The third-order valence-electron chi connectivity index (χ3n) is 3.43. The zero-order valence-electron chi connectivity index (χ0n) is 12.2. The second-order valence-electron chi connectivity index (χ2n) is 4.79. The minimum atomic E-state index is -0.961. The summed E-state index contributed by atoms with van der Waals surface area (Å²) in [4.78, 5) is 10.6. The van der Waals surface area contributed by atoms with Crippen LogP contribution in [0.2, 0.25) is 0 Å². The van der Waals surface area contributed by atoms with E-state index in [1.807, 2.05) is 29.8 Å². The fraction of sp³-hybridized carbons (Fsp3) is 0.250. The summed E-state index contributed by atoms with van der Waals surface area (Å²) in [6.45, 7) is 6.20. The number of hydrogen-bond acceptors (Lipinski definition) is 2. The Hall–Kier alpha value is -1.88. The van der Waals surface area contributed by atoms with Crippen LogP contribution in [-0.4, -0.2) is 20.9 Å². The first-order valence-corrected chi connectivity index (χ1v) is 7.49. The minimum absolute atomic E-state index is 0.818. The number of aliphatic carboxylic acids is 1. The summed E-state index contributed by atoms with van der Waals surface area (Å²) in [5.74, 6) is -0.961. The van der Waals surface area contributed by atoms with Crippen LogP contribution in [0.25, 0.3) is 11.8 Å². The molecule has 0 aliphatic carbocycles. The molecule has 0 saturated heterocycles. The number of nitrogens with zero attached hydrogens (tertiary/aromatic N) is 2. The highest BCUT2D eigenvalue weighted by atomic mass is 79.9. The van der Waals surface area contributed by atoms with E-state index in [-0.39, 0.29) is 0 Å². The standard InChI is InChI=1S/C16H17BrN2O2/c1-4-14-10(2)18-19(11(14)3)13-7-5-12(15(17)9-13)6-8-16(20)21/h5-9H,4H2,1-3H3,(H,20,21)/b8-6+. The Kier molecular flexibility index (Phi) is 4.63. The molecule has 4 nitrogen and oxygen atoms in total. The van der Waals surface area contributed by atoms with Crippen molar-refractivity contribution < 1.29 is 9.90 Å². The molecule has 2 rings (SSSR count). The summed E-state index contributed by atoms with van der Waals surface area (Å²) in [6, 6.07) is 5.76. The van der Waals surface area contributed by atoms with E-state index in [9.17, 15) is 4.79 Å². The van der Waals surface area contributed by atoms with Gasteiger partial charge in [-0.2, -0.15) is 5.10 Å². The van der Waals surface area contributed by atoms with Crippen LogP contribution in [0.1, 0.15) is 29.4 Å². The number of benzene rings is 1. The first kappa shape index (κ1) is 15.5. The lowest BCUT2D eigenvalue weighted by molar-refractivity contribution is -0.131. The monoisotopic (exact) mass is 348 g/mol. The number of halogens is 1. The highest BCUT2D eigenvalue weighted by molar-refractivity contribution is 9.10. The molecular formula is C16H17BrN2O2. The number of carbonyl (C=O) groups is 1. The molecule has 0 saturated carbocycles. The van der Waals surface area contributed by atoms with E-state index in [2.05, 4.69) is 34.9 Å². The maximum atomic E-state index is 10.6. The Bertz CT molecular complexity index is 717. The van der Waals surface area contributed by atoms with Gasteiger partial charge in [-0.3, -0.25) is 0 Å². The van der Waals surface area contributed by atoms with Crippen LogP contribution in [0.4, 0.5) is 0 Å². The molecular weight excluding hydrogens is 332 g/mol. The molecule has 0 amide bonds. The minimum Gasteiger partial charge on any atom is -0.478 e. The quantitative estimate of drug-likeness (QED) is 0.852. The molecule has 1 aromatic heterocycles. The van der Waals surface area contributed by atoms with Crippen molar-refractivity contribution in [1.82, 2.24) is 9.78 Å². The highest BCUT2D eigenvalue weighted by Crippen LogP contribution is 2.24. The van der Waals surface area contributed by atoms with Crippen molar-refractivity contribution in [3.05, 3.63) is 51.3 Å². The van der Waals surface area contributed by atoms with Crippen LogP contribution in [0.3, 0.4) is 0 Å². The van der Waals surface area contributed by atoms with Crippen LogP contribution in [0.15, 0.2) is 28.7 Å². The van der Waals surface area contributed by atoms with Gasteiger partial charge in [0.2, 0.25) is 0 Å². The zero-order valence-corrected chi connectivity index (χ0v) is 13.8. The molecule has 110 valence electrons. The predicted molar refractivity (Wildman–Crippen MR) is 86.8 cm³/mol. The van der Waals surface area contributed by atoms with Gasteiger partial charge in [0.25, 0.3) is 0 Å². The number of carboxylic acids is 1. The molecule has 1 heterocycles. The SMILES string of the molecule is CCc1c(C)nn(-c2ccc(/C=C/C(=O)O)c(Br)c2)c1C. The Morgan fingerprint density at radius 1 is 1.43 bits per heavy atom. The fourth-order valence-electron chi connectivity index (χ4n) is 2.38. The molecule has 21 heavy (non-hydrogen) atoms. The van der Waals surface area contributed by atoms with Crippen molar-refractivity contribution in [1.29, 1.82) is 0 Å². The van der Waals surface area contributed by atoms with Crippen molar-refractivity contribution in [2.24, 2.45) is 0 Å². The van der Waals surface area contributed by atoms with Crippen molar-refractivity contribution in [3.63, 3.8) is 0 Å². The lowest BCUT2D eigenvalue weighted by atomic mass is 10.1. The number of rotatable bonds is 4. The highest BCUT2D eigenvalue weighted by Gasteiger charge is 2.11. The Balaban J connectivity index is 2.43. The van der Waals surface area contributed by atoms with E-state index >= 15 is 0 Å². The average molecular weight is 349 g/mol. The van der Waals surface area contributed by atoms with Crippen molar-refractivity contribution in [3.8, 4) is 5.69 Å². The smallest absolute Gasteiger partial charge is 0.328 e. The van der Waals surface area contributed by atoms with E-state index in [1.165, 1.54) is 5.56 Å². The molecule has 5 heteroatoms. The van der Waals surface area contributed by atoms with Gasteiger partial charge in [0.05, 0.1) is 11.4 Å². The second kappa shape index (κ2) is 6.26. The topological polar surface area (TPSA) is 55.1 Å². The zero-order chi connectivity index (χ0) is 15.6. The molecule has 0 radical (unpaired) electrons. The predicted octanol–water partition coefficient (Wildman–Crippen LogP) is 3.91. The van der Waals surface area contributed by atoms with Crippen LogP contribution >= 0.6 is 15.9 Å². The number of carboxylic acid groups (broad SMARTS) is 1. The summed E-state index contributed by atoms with van der Waals surface area (Å²) in [5, 5.41) is 13.3. The van der Waals surface area contributed by atoms with Crippen LogP contribution < -0.4 is 0 Å². The molecule has 0 atom stereocenters. The van der Waals surface area contributed by atoms with Crippen molar-refractivity contribution >= 4 is 28.0 Å². The Morgan fingerprint density at radius 2 is 2.14 bits per heavy atom. The summed E-state index contributed by atoms with van der Waals surface area (Å²) in [5.41, 5.74) is 5.21. The molecule has 0 bridgehead atoms. The molecule has 1 aromatic carbocycles. The summed E-state index contributed by atoms with van der Waals surface area (Å²) in [7, 11) is 0. The average Bonchev–Trinajstić information content (AvgIpc) is 2.72. The third kappa shape index (κ3) is 3.24. The van der Waals surface area contributed by atoms with E-state index in [0.717, 1.165) is 39.6 Å². The molecule has 0 unspecified atom stereocenters. The van der Waals surface area contributed by atoms with Crippen LogP contribution in [-0.2, 0) is 11.2 Å². The van der Waals surface area contributed by atoms with E-state index in [1.54, 1.807) is 6.08 Å². The van der Waals surface area contributed by atoms with Gasteiger partial charge < -0.3 is 5.11 Å². The lowest BCUT2D eigenvalue weighted by Gasteiger charge is -2.07. The molecule has 0 spiro atoms. The van der Waals surface area contributed by atoms with Crippen LogP contribution in [0, 0.1) is 13.8 Å². The summed E-state index contributed by atoms with van der Waals surface area (Å²) < 4.78 is 2.76. The number of hydrogen-bond donors (Lipinski definition) is 1. The van der Waals surface area contributed by atoms with Gasteiger partial charge in [0.1, 0.15) is 0 Å². The Labute approximate surface area is 132 Å². The lowest BCUT2D eigenvalue weighted by Crippen LogP contribution is -2.00. The van der Waals surface area contributed by atoms with Gasteiger partial charge in [0.15, 0.2) is 0 Å². The molecule has 1 N–H and O–H groups in total. The van der Waals surface area contributed by atoms with Crippen LogP contribution in [0.5, 0.6) is 0 Å². The van der Waals surface area contributed by atoms with Crippen molar-refractivity contribution in [2.45, 2.75) is 27.2 Å².